The minimum Gasteiger partial charge on any atom is -0.364 e. The Morgan fingerprint density at radius 2 is 2.12 bits per heavy atom. The summed E-state index contributed by atoms with van der Waals surface area (Å²) in [7, 11) is -3.57. The van der Waals surface area contributed by atoms with Crippen LogP contribution in [0.5, 0.6) is 0 Å². The third-order valence-electron chi connectivity index (χ3n) is 4.23. The molecule has 0 aromatic carbocycles. The monoisotopic (exact) mass is 350 g/mol. The SMILES string of the molecule is O=S(=O)(NC[C@H]1CC[C@@H](c2nc(C3CC3)no2)O1)c1cccnc1. The van der Waals surface area contributed by atoms with Crippen molar-refractivity contribution in [2.45, 2.75) is 48.7 Å². The first-order valence-electron chi connectivity index (χ1n) is 8.00. The lowest BCUT2D eigenvalue weighted by Crippen LogP contribution is -2.32. The average Bonchev–Trinajstić information content (AvgIpc) is 3.14. The zero-order chi connectivity index (χ0) is 16.6. The van der Waals surface area contributed by atoms with Crippen LogP contribution in [-0.4, -0.2) is 36.2 Å². The number of hydrogen-bond donors (Lipinski definition) is 1. The van der Waals surface area contributed by atoms with Gasteiger partial charge in [-0.15, -0.1) is 0 Å². The Balaban J connectivity index is 1.33. The quantitative estimate of drug-likeness (QED) is 0.842. The summed E-state index contributed by atoms with van der Waals surface area (Å²) in [6, 6.07) is 3.09. The van der Waals surface area contributed by atoms with Gasteiger partial charge < -0.3 is 9.26 Å². The molecule has 8 nitrogen and oxygen atoms in total. The fraction of sp³-hybridized carbons (Fsp3) is 0.533. The highest BCUT2D eigenvalue weighted by Crippen LogP contribution is 2.39. The molecule has 0 unspecified atom stereocenters. The molecule has 1 saturated carbocycles. The second-order valence-corrected chi connectivity index (χ2v) is 7.90. The van der Waals surface area contributed by atoms with Crippen molar-refractivity contribution in [1.29, 1.82) is 0 Å². The lowest BCUT2D eigenvalue weighted by Gasteiger charge is -2.12. The molecule has 1 saturated heterocycles. The van der Waals surface area contributed by atoms with Crippen molar-refractivity contribution in [3.8, 4) is 0 Å². The first-order chi connectivity index (χ1) is 11.6. The summed E-state index contributed by atoms with van der Waals surface area (Å²) in [6.45, 7) is 0.206. The van der Waals surface area contributed by atoms with Gasteiger partial charge in [0.05, 0.1) is 6.10 Å². The lowest BCUT2D eigenvalue weighted by atomic mass is 10.2. The van der Waals surface area contributed by atoms with E-state index in [9.17, 15) is 8.42 Å². The molecule has 1 N–H and O–H groups in total. The van der Waals surface area contributed by atoms with Gasteiger partial charge in [-0.3, -0.25) is 4.98 Å². The molecule has 2 aliphatic rings. The molecule has 0 amide bonds. The van der Waals surface area contributed by atoms with Crippen molar-refractivity contribution in [1.82, 2.24) is 19.8 Å². The molecule has 0 radical (unpaired) electrons. The van der Waals surface area contributed by atoms with Crippen LogP contribution in [0.3, 0.4) is 0 Å². The van der Waals surface area contributed by atoms with E-state index in [0.717, 1.165) is 31.5 Å². The minimum atomic E-state index is -3.57. The van der Waals surface area contributed by atoms with E-state index in [4.69, 9.17) is 9.26 Å². The average molecular weight is 350 g/mol. The third-order valence-corrected chi connectivity index (χ3v) is 5.64. The van der Waals surface area contributed by atoms with E-state index in [1.807, 2.05) is 0 Å². The van der Waals surface area contributed by atoms with Crippen LogP contribution in [0.15, 0.2) is 33.9 Å². The van der Waals surface area contributed by atoms with Crippen LogP contribution in [0.25, 0.3) is 0 Å². The van der Waals surface area contributed by atoms with Crippen LogP contribution < -0.4 is 4.72 Å². The van der Waals surface area contributed by atoms with Gasteiger partial charge in [0.25, 0.3) is 5.89 Å². The first-order valence-corrected chi connectivity index (χ1v) is 9.49. The highest BCUT2D eigenvalue weighted by molar-refractivity contribution is 7.89. The summed E-state index contributed by atoms with van der Waals surface area (Å²) < 4.78 is 38.1. The molecule has 24 heavy (non-hydrogen) atoms. The Morgan fingerprint density at radius 3 is 2.88 bits per heavy atom. The zero-order valence-corrected chi connectivity index (χ0v) is 13.8. The number of sulfonamides is 1. The van der Waals surface area contributed by atoms with Gasteiger partial charge in [0.2, 0.25) is 10.0 Å². The van der Waals surface area contributed by atoms with Crippen LogP contribution in [0, 0.1) is 0 Å². The Hall–Kier alpha value is -1.84. The van der Waals surface area contributed by atoms with E-state index in [1.165, 1.54) is 18.5 Å². The highest BCUT2D eigenvalue weighted by Gasteiger charge is 2.34. The van der Waals surface area contributed by atoms with Gasteiger partial charge in [0.1, 0.15) is 11.0 Å². The van der Waals surface area contributed by atoms with Crippen LogP contribution in [0.4, 0.5) is 0 Å². The molecule has 2 aromatic rings. The molecular weight excluding hydrogens is 332 g/mol. The topological polar surface area (TPSA) is 107 Å². The lowest BCUT2D eigenvalue weighted by molar-refractivity contribution is 0.0290. The number of nitrogens with zero attached hydrogens (tertiary/aromatic N) is 3. The first kappa shape index (κ1) is 15.7. The molecule has 2 fully saturated rings. The highest BCUT2D eigenvalue weighted by atomic mass is 32.2. The molecule has 128 valence electrons. The molecule has 3 heterocycles. The maximum absolute atomic E-state index is 12.2. The fourth-order valence-corrected chi connectivity index (χ4v) is 3.74. The fourth-order valence-electron chi connectivity index (χ4n) is 2.71. The molecular formula is C15H18N4O4S. The second-order valence-electron chi connectivity index (χ2n) is 6.13. The van der Waals surface area contributed by atoms with Gasteiger partial charge in [-0.1, -0.05) is 5.16 Å². The number of pyridine rings is 1. The van der Waals surface area contributed by atoms with Gasteiger partial charge in [0.15, 0.2) is 5.82 Å². The molecule has 9 heteroatoms. The van der Waals surface area contributed by atoms with E-state index in [2.05, 4.69) is 19.8 Å². The summed E-state index contributed by atoms with van der Waals surface area (Å²) in [5, 5.41) is 3.99. The van der Waals surface area contributed by atoms with E-state index in [-0.39, 0.29) is 23.6 Å². The van der Waals surface area contributed by atoms with Crippen LogP contribution in [-0.2, 0) is 14.8 Å². The molecule has 2 atom stereocenters. The standard InChI is InChI=1S/C15H18N4O4S/c20-24(21,12-2-1-7-16-9-12)17-8-11-5-6-13(22-11)15-18-14(19-23-15)10-3-4-10/h1-2,7,9-11,13,17H,3-6,8H2/t11-,13+/m1/s1. The number of rotatable bonds is 6. The van der Waals surface area contributed by atoms with Crippen LogP contribution in [0.2, 0.25) is 0 Å². The number of aromatic nitrogens is 3. The summed E-state index contributed by atoms with van der Waals surface area (Å²) in [4.78, 5) is 8.37. The van der Waals surface area contributed by atoms with Gasteiger partial charge >= 0.3 is 0 Å². The van der Waals surface area contributed by atoms with E-state index in [0.29, 0.717) is 11.8 Å². The zero-order valence-electron chi connectivity index (χ0n) is 13.0. The maximum Gasteiger partial charge on any atom is 0.255 e. The van der Waals surface area contributed by atoms with Gasteiger partial charge in [-0.05, 0) is 37.8 Å². The van der Waals surface area contributed by atoms with E-state index in [1.54, 1.807) is 6.07 Å². The van der Waals surface area contributed by atoms with Crippen molar-refractivity contribution in [3.05, 3.63) is 36.2 Å². The van der Waals surface area contributed by atoms with Gasteiger partial charge in [-0.25, -0.2) is 13.1 Å². The molecule has 4 rings (SSSR count). The summed E-state index contributed by atoms with van der Waals surface area (Å²) in [5.41, 5.74) is 0. The molecule has 2 aromatic heterocycles. The maximum atomic E-state index is 12.2. The predicted molar refractivity (Wildman–Crippen MR) is 82.5 cm³/mol. The smallest absolute Gasteiger partial charge is 0.255 e. The van der Waals surface area contributed by atoms with Crippen molar-refractivity contribution in [2.75, 3.05) is 6.54 Å². The normalized spacial score (nSPS) is 24.3. The third kappa shape index (κ3) is 3.33. The minimum absolute atomic E-state index is 0.144. The summed E-state index contributed by atoms with van der Waals surface area (Å²) >= 11 is 0. The largest absolute Gasteiger partial charge is 0.364 e. The van der Waals surface area contributed by atoms with Crippen molar-refractivity contribution in [2.24, 2.45) is 0 Å². The Kier molecular flexibility index (Phi) is 4.07. The molecule has 0 spiro atoms. The van der Waals surface area contributed by atoms with Crippen molar-refractivity contribution in [3.63, 3.8) is 0 Å². The Morgan fingerprint density at radius 1 is 1.25 bits per heavy atom. The molecule has 1 aliphatic heterocycles. The number of ether oxygens (including phenoxy) is 1. The Bertz CT molecular complexity index is 804. The summed E-state index contributed by atoms with van der Waals surface area (Å²) in [5.74, 6) is 1.69. The van der Waals surface area contributed by atoms with Gasteiger partial charge in [0, 0.05) is 24.9 Å². The predicted octanol–water partition coefficient (Wildman–Crippen LogP) is 1.54. The van der Waals surface area contributed by atoms with Crippen molar-refractivity contribution >= 4 is 10.0 Å². The van der Waals surface area contributed by atoms with Crippen LogP contribution in [0.1, 0.15) is 49.4 Å². The molecule has 0 bridgehead atoms. The summed E-state index contributed by atoms with van der Waals surface area (Å²) in [6.07, 6.45) is 6.10. The van der Waals surface area contributed by atoms with Gasteiger partial charge in [-0.2, -0.15) is 4.98 Å². The van der Waals surface area contributed by atoms with E-state index >= 15 is 0 Å². The van der Waals surface area contributed by atoms with E-state index < -0.39 is 10.0 Å². The Labute approximate surface area is 139 Å². The van der Waals surface area contributed by atoms with Crippen LogP contribution >= 0.6 is 0 Å². The number of hydrogen-bond acceptors (Lipinski definition) is 7. The van der Waals surface area contributed by atoms with Crippen molar-refractivity contribution < 1.29 is 17.7 Å². The second kappa shape index (κ2) is 6.23. The molecule has 1 aliphatic carbocycles. The number of nitrogens with one attached hydrogen (secondary N) is 1.